The number of aromatic nitrogens is 1. The van der Waals surface area contributed by atoms with Gasteiger partial charge in [-0.2, -0.15) is 0 Å². The SMILES string of the molecule is CC(=O)N(c1ccc(C)cc1)c1nc(CN2CCC3(CCNC3)C2)cs1. The Kier molecular flexibility index (Phi) is 4.82. The molecule has 2 fully saturated rings. The van der Waals surface area contributed by atoms with Crippen molar-refractivity contribution in [3.63, 3.8) is 0 Å². The van der Waals surface area contributed by atoms with Crippen LogP contribution in [0.25, 0.3) is 0 Å². The average Bonchev–Trinajstić information content (AvgIpc) is 3.34. The fraction of sp³-hybridized carbons (Fsp3) is 0.500. The van der Waals surface area contributed by atoms with Gasteiger partial charge >= 0.3 is 0 Å². The molecule has 1 amide bonds. The van der Waals surface area contributed by atoms with Crippen molar-refractivity contribution >= 4 is 28.1 Å². The van der Waals surface area contributed by atoms with Gasteiger partial charge in [-0.1, -0.05) is 17.7 Å². The molecule has 0 radical (unpaired) electrons. The van der Waals surface area contributed by atoms with Gasteiger partial charge in [0, 0.05) is 31.9 Å². The zero-order valence-electron chi connectivity index (χ0n) is 15.5. The first kappa shape index (κ1) is 17.6. The number of likely N-dealkylation sites (tertiary alicyclic amines) is 1. The third-order valence-corrected chi connectivity index (χ3v) is 6.45. The van der Waals surface area contributed by atoms with Gasteiger partial charge in [0.25, 0.3) is 0 Å². The summed E-state index contributed by atoms with van der Waals surface area (Å²) in [7, 11) is 0. The lowest BCUT2D eigenvalue weighted by molar-refractivity contribution is -0.115. The van der Waals surface area contributed by atoms with Gasteiger partial charge in [0.2, 0.25) is 5.91 Å². The molecule has 2 aliphatic heterocycles. The standard InChI is InChI=1S/C20H26N4OS/c1-15-3-5-18(6-4-15)24(16(2)25)19-22-17(12-26-19)11-23-10-8-20(14-23)7-9-21-13-20/h3-6,12,21H,7-11,13-14H2,1-2H3. The maximum absolute atomic E-state index is 12.2. The van der Waals surface area contributed by atoms with Crippen molar-refractivity contribution < 1.29 is 4.79 Å². The highest BCUT2D eigenvalue weighted by atomic mass is 32.1. The van der Waals surface area contributed by atoms with Crippen molar-refractivity contribution in [1.29, 1.82) is 0 Å². The van der Waals surface area contributed by atoms with Crippen LogP contribution in [0.3, 0.4) is 0 Å². The molecule has 1 aromatic heterocycles. The minimum absolute atomic E-state index is 0.00749. The first-order valence-corrected chi connectivity index (χ1v) is 10.2. The van der Waals surface area contributed by atoms with E-state index in [0.717, 1.165) is 49.2 Å². The van der Waals surface area contributed by atoms with Crippen LogP contribution in [-0.4, -0.2) is 42.0 Å². The van der Waals surface area contributed by atoms with E-state index in [1.54, 1.807) is 23.2 Å². The van der Waals surface area contributed by atoms with Crippen molar-refractivity contribution in [2.45, 2.75) is 33.2 Å². The lowest BCUT2D eigenvalue weighted by Crippen LogP contribution is -2.29. The molecule has 138 valence electrons. The lowest BCUT2D eigenvalue weighted by atomic mass is 9.87. The van der Waals surface area contributed by atoms with Crippen LogP contribution in [0.2, 0.25) is 0 Å². The van der Waals surface area contributed by atoms with E-state index < -0.39 is 0 Å². The number of hydrogen-bond acceptors (Lipinski definition) is 5. The Balaban J connectivity index is 1.48. The van der Waals surface area contributed by atoms with Gasteiger partial charge < -0.3 is 5.32 Å². The molecule has 2 saturated heterocycles. The predicted molar refractivity (Wildman–Crippen MR) is 106 cm³/mol. The van der Waals surface area contributed by atoms with Crippen LogP contribution in [0, 0.1) is 12.3 Å². The molecule has 1 unspecified atom stereocenters. The molecule has 1 N–H and O–H groups in total. The number of carbonyl (C=O) groups excluding carboxylic acids is 1. The second kappa shape index (κ2) is 7.10. The molecule has 0 bridgehead atoms. The monoisotopic (exact) mass is 370 g/mol. The zero-order chi connectivity index (χ0) is 18.1. The first-order valence-electron chi connectivity index (χ1n) is 9.30. The Morgan fingerprint density at radius 1 is 1.35 bits per heavy atom. The number of thiazole rings is 1. The highest BCUT2D eigenvalue weighted by Crippen LogP contribution is 2.37. The largest absolute Gasteiger partial charge is 0.316 e. The quantitative estimate of drug-likeness (QED) is 0.897. The Morgan fingerprint density at radius 2 is 2.15 bits per heavy atom. The Hall–Kier alpha value is -1.76. The number of amides is 1. The molecule has 1 aromatic carbocycles. The number of anilines is 2. The molecule has 5 nitrogen and oxygen atoms in total. The maximum atomic E-state index is 12.2. The molecular formula is C20H26N4OS. The summed E-state index contributed by atoms with van der Waals surface area (Å²) >= 11 is 1.55. The van der Waals surface area contributed by atoms with E-state index in [0.29, 0.717) is 5.41 Å². The molecule has 1 atom stereocenters. The molecule has 0 aliphatic carbocycles. The van der Waals surface area contributed by atoms with Gasteiger partial charge in [0.15, 0.2) is 5.13 Å². The summed E-state index contributed by atoms with van der Waals surface area (Å²) in [5.41, 5.74) is 3.60. The van der Waals surface area contributed by atoms with Gasteiger partial charge in [-0.25, -0.2) is 4.98 Å². The van der Waals surface area contributed by atoms with E-state index in [2.05, 4.69) is 15.6 Å². The van der Waals surface area contributed by atoms with E-state index >= 15 is 0 Å². The van der Waals surface area contributed by atoms with Gasteiger partial charge in [0.05, 0.1) is 11.4 Å². The number of carbonyl (C=O) groups is 1. The summed E-state index contributed by atoms with van der Waals surface area (Å²) in [6.45, 7) is 9.11. The fourth-order valence-electron chi connectivity index (χ4n) is 4.13. The van der Waals surface area contributed by atoms with E-state index in [-0.39, 0.29) is 5.91 Å². The van der Waals surface area contributed by atoms with Crippen LogP contribution in [0.15, 0.2) is 29.6 Å². The smallest absolute Gasteiger partial charge is 0.230 e. The molecule has 2 aliphatic rings. The second-order valence-electron chi connectivity index (χ2n) is 7.70. The number of aryl methyl sites for hydroxylation is 1. The van der Waals surface area contributed by atoms with E-state index in [4.69, 9.17) is 4.98 Å². The highest BCUT2D eigenvalue weighted by molar-refractivity contribution is 7.14. The Labute approximate surface area is 159 Å². The highest BCUT2D eigenvalue weighted by Gasteiger charge is 2.40. The van der Waals surface area contributed by atoms with Crippen LogP contribution < -0.4 is 10.2 Å². The number of hydrogen-bond donors (Lipinski definition) is 1. The van der Waals surface area contributed by atoms with Crippen LogP contribution in [0.4, 0.5) is 10.8 Å². The summed E-state index contributed by atoms with van der Waals surface area (Å²) in [5.74, 6) is -0.00749. The Bertz CT molecular complexity index is 779. The van der Waals surface area contributed by atoms with E-state index in [1.807, 2.05) is 31.2 Å². The van der Waals surface area contributed by atoms with Gasteiger partial charge in [-0.3, -0.25) is 14.6 Å². The van der Waals surface area contributed by atoms with Crippen LogP contribution >= 0.6 is 11.3 Å². The van der Waals surface area contributed by atoms with Crippen LogP contribution in [0.1, 0.15) is 31.0 Å². The predicted octanol–water partition coefficient (Wildman–Crippen LogP) is 3.32. The van der Waals surface area contributed by atoms with Crippen molar-refractivity contribution in [2.75, 3.05) is 31.1 Å². The fourth-order valence-corrected chi connectivity index (χ4v) is 5.01. The molecule has 6 heteroatoms. The van der Waals surface area contributed by atoms with Crippen molar-refractivity contribution in [3.05, 3.63) is 40.9 Å². The molecule has 26 heavy (non-hydrogen) atoms. The molecule has 4 rings (SSSR count). The van der Waals surface area contributed by atoms with Crippen LogP contribution in [-0.2, 0) is 11.3 Å². The minimum Gasteiger partial charge on any atom is -0.316 e. The second-order valence-corrected chi connectivity index (χ2v) is 8.54. The maximum Gasteiger partial charge on any atom is 0.230 e. The molecular weight excluding hydrogens is 344 g/mol. The summed E-state index contributed by atoms with van der Waals surface area (Å²) in [6.07, 6.45) is 2.57. The van der Waals surface area contributed by atoms with Crippen LogP contribution in [0.5, 0.6) is 0 Å². The van der Waals surface area contributed by atoms with Gasteiger partial charge in [-0.05, 0) is 50.4 Å². The third-order valence-electron chi connectivity index (χ3n) is 5.57. The van der Waals surface area contributed by atoms with Crippen molar-refractivity contribution in [1.82, 2.24) is 15.2 Å². The Morgan fingerprint density at radius 3 is 2.85 bits per heavy atom. The normalized spacial score (nSPS) is 23.0. The van der Waals surface area contributed by atoms with Crippen molar-refractivity contribution in [2.24, 2.45) is 5.41 Å². The number of nitrogens with zero attached hydrogens (tertiary/aromatic N) is 3. The summed E-state index contributed by atoms with van der Waals surface area (Å²) in [6, 6.07) is 8.02. The van der Waals surface area contributed by atoms with Crippen molar-refractivity contribution in [3.8, 4) is 0 Å². The third kappa shape index (κ3) is 3.54. The summed E-state index contributed by atoms with van der Waals surface area (Å²) < 4.78 is 0. The van der Waals surface area contributed by atoms with Gasteiger partial charge in [0.1, 0.15) is 0 Å². The number of nitrogens with one attached hydrogen (secondary N) is 1. The average molecular weight is 371 g/mol. The molecule has 0 saturated carbocycles. The summed E-state index contributed by atoms with van der Waals surface area (Å²) in [4.78, 5) is 21.2. The van der Waals surface area contributed by atoms with E-state index in [1.165, 1.54) is 18.4 Å². The van der Waals surface area contributed by atoms with E-state index in [9.17, 15) is 4.79 Å². The zero-order valence-corrected chi connectivity index (χ0v) is 16.3. The minimum atomic E-state index is -0.00749. The molecule has 1 spiro atoms. The number of rotatable bonds is 4. The molecule has 3 heterocycles. The number of benzene rings is 1. The van der Waals surface area contributed by atoms with Gasteiger partial charge in [-0.15, -0.1) is 11.3 Å². The topological polar surface area (TPSA) is 48.5 Å². The lowest BCUT2D eigenvalue weighted by Gasteiger charge is -2.22. The molecule has 2 aromatic rings. The summed E-state index contributed by atoms with van der Waals surface area (Å²) in [5, 5.41) is 6.36. The first-order chi connectivity index (χ1) is 12.5.